The van der Waals surface area contributed by atoms with Gasteiger partial charge in [-0.1, -0.05) is 13.0 Å². The average molecular weight is 641 g/mol. The van der Waals surface area contributed by atoms with Crippen LogP contribution in [0, 0.1) is 0 Å². The lowest BCUT2D eigenvalue weighted by molar-refractivity contribution is -0.138. The molecule has 6 heterocycles. The molecule has 1 N–H and O–H groups in total. The molecule has 2 saturated heterocycles. The van der Waals surface area contributed by atoms with Gasteiger partial charge in [0.1, 0.15) is 22.8 Å². The summed E-state index contributed by atoms with van der Waals surface area (Å²) >= 11 is 0. The van der Waals surface area contributed by atoms with Crippen LogP contribution in [-0.2, 0) is 11.6 Å². The molecule has 0 unspecified atom stereocenters. The molecular weight excluding hydrogens is 601 g/mol. The number of ether oxygens (including phenoxy) is 2. The Balaban J connectivity index is 1.35. The number of hydrogen-bond donors (Lipinski definition) is 1. The van der Waals surface area contributed by atoms with Crippen LogP contribution in [-0.4, -0.2) is 101 Å². The summed E-state index contributed by atoms with van der Waals surface area (Å²) in [5.74, 6) is -0.0815. The Bertz CT molecular complexity index is 1560. The lowest BCUT2D eigenvalue weighted by atomic mass is 9.69. The Labute approximate surface area is 266 Å². The number of nitrogens with zero attached hydrogens (tertiary/aromatic N) is 6. The largest absolute Gasteiger partial charge is 0.493 e. The first-order valence-electron chi connectivity index (χ1n) is 15.9. The maximum atomic E-state index is 14.4. The van der Waals surface area contributed by atoms with Gasteiger partial charge in [0.25, 0.3) is 5.91 Å². The van der Waals surface area contributed by atoms with Gasteiger partial charge in [-0.3, -0.25) is 9.69 Å². The van der Waals surface area contributed by atoms with Gasteiger partial charge < -0.3 is 24.4 Å². The number of alkyl halides is 3. The molecule has 0 bridgehead atoms. The van der Waals surface area contributed by atoms with Crippen LogP contribution >= 0.6 is 0 Å². The van der Waals surface area contributed by atoms with Crippen molar-refractivity contribution in [2.24, 2.45) is 0 Å². The molecule has 246 valence electrons. The summed E-state index contributed by atoms with van der Waals surface area (Å²) in [5, 5.41) is 9.39. The lowest BCUT2D eigenvalue weighted by Crippen LogP contribution is -2.66. The lowest BCUT2D eigenvalue weighted by Gasteiger charge is -2.53. The third-order valence-corrected chi connectivity index (χ3v) is 9.18. The minimum Gasteiger partial charge on any atom is -0.493 e. The predicted molar refractivity (Wildman–Crippen MR) is 165 cm³/mol. The molecule has 1 amide bonds. The highest BCUT2D eigenvalue weighted by molar-refractivity contribution is 5.96. The zero-order chi connectivity index (χ0) is 32.5. The number of aliphatic hydroxyl groups is 1. The number of fused-ring (bicyclic) bond motifs is 2. The molecule has 3 aromatic rings. The Morgan fingerprint density at radius 1 is 1.04 bits per heavy atom. The monoisotopic (exact) mass is 640 g/mol. The maximum Gasteiger partial charge on any atom is 0.423 e. The molecule has 13 heteroatoms. The molecule has 3 aromatic heterocycles. The summed E-state index contributed by atoms with van der Waals surface area (Å²) in [7, 11) is 0. The third-order valence-electron chi connectivity index (χ3n) is 9.18. The predicted octanol–water partition coefficient (Wildman–Crippen LogP) is 4.42. The number of β-amino-alcohol motifs (C(OH)–C–C–N with tert-alkyl or cyclic N) is 1. The van der Waals surface area contributed by atoms with Crippen LogP contribution in [0.1, 0.15) is 54.7 Å². The first-order chi connectivity index (χ1) is 22.2. The third kappa shape index (κ3) is 5.97. The van der Waals surface area contributed by atoms with Gasteiger partial charge in [-0.05, 0) is 56.0 Å². The molecule has 0 saturated carbocycles. The second-order valence-corrected chi connectivity index (χ2v) is 12.1. The molecule has 6 rings (SSSR count). The zero-order valence-corrected chi connectivity index (χ0v) is 26.1. The quantitative estimate of drug-likeness (QED) is 0.345. The standard InChI is InChI=1S/C33H39F3N6O4/c1-3-18-46-26-9-13-37-29(27(26)33(34,35)36)41-14-10-32(11-15-41)21-42(22-19-40(20-22)16-17-43)31(44)28-24(32)7-8-25(39-28)23-6-5-12-38-30(23)45-4-2/h5-9,12-13,22,43H,3-4,10-11,14-21H2,1-2H3. The van der Waals surface area contributed by atoms with E-state index >= 15 is 0 Å². The van der Waals surface area contributed by atoms with Gasteiger partial charge in [-0.25, -0.2) is 15.0 Å². The molecule has 10 nitrogen and oxygen atoms in total. The zero-order valence-electron chi connectivity index (χ0n) is 26.1. The molecule has 1 spiro atoms. The van der Waals surface area contributed by atoms with Crippen molar-refractivity contribution in [2.45, 2.75) is 50.7 Å². The van der Waals surface area contributed by atoms with Gasteiger partial charge in [0.15, 0.2) is 0 Å². The van der Waals surface area contributed by atoms with Crippen molar-refractivity contribution >= 4 is 11.7 Å². The number of amides is 1. The molecule has 0 radical (unpaired) electrons. The second-order valence-electron chi connectivity index (χ2n) is 12.1. The van der Waals surface area contributed by atoms with Gasteiger partial charge in [0, 0.05) is 57.1 Å². The molecule has 3 aliphatic rings. The van der Waals surface area contributed by atoms with E-state index in [0.29, 0.717) is 88.0 Å². The van der Waals surface area contributed by atoms with Crippen molar-refractivity contribution < 1.29 is 32.5 Å². The highest BCUT2D eigenvalue weighted by atomic mass is 19.4. The number of pyridine rings is 3. The van der Waals surface area contributed by atoms with E-state index in [0.717, 1.165) is 5.56 Å². The van der Waals surface area contributed by atoms with Gasteiger partial charge >= 0.3 is 6.18 Å². The van der Waals surface area contributed by atoms with Crippen LogP contribution in [0.25, 0.3) is 11.3 Å². The van der Waals surface area contributed by atoms with Crippen LogP contribution in [0.5, 0.6) is 11.6 Å². The van der Waals surface area contributed by atoms with Crippen LogP contribution in [0.4, 0.5) is 19.0 Å². The summed E-state index contributed by atoms with van der Waals surface area (Å²) in [4.78, 5) is 33.2. The fourth-order valence-electron chi connectivity index (χ4n) is 6.86. The van der Waals surface area contributed by atoms with Gasteiger partial charge in [0.2, 0.25) is 5.88 Å². The minimum absolute atomic E-state index is 0.0418. The summed E-state index contributed by atoms with van der Waals surface area (Å²) in [5.41, 5.74) is 1.05. The van der Waals surface area contributed by atoms with E-state index in [4.69, 9.17) is 14.5 Å². The van der Waals surface area contributed by atoms with Crippen LogP contribution in [0.3, 0.4) is 0 Å². The summed E-state index contributed by atoms with van der Waals surface area (Å²) in [6.07, 6.45) is -0.0343. The number of rotatable bonds is 10. The normalized spacial score (nSPS) is 18.4. The van der Waals surface area contributed by atoms with E-state index in [2.05, 4.69) is 14.9 Å². The Hall–Kier alpha value is -3.97. The van der Waals surface area contributed by atoms with Crippen molar-refractivity contribution in [3.8, 4) is 22.9 Å². The smallest absolute Gasteiger partial charge is 0.423 e. The molecule has 3 aliphatic heterocycles. The number of piperidine rings is 1. The fourth-order valence-corrected chi connectivity index (χ4v) is 6.86. The number of aromatic nitrogens is 3. The number of aliphatic hydroxyl groups excluding tert-OH is 1. The van der Waals surface area contributed by atoms with Crippen molar-refractivity contribution in [1.82, 2.24) is 24.8 Å². The molecule has 2 fully saturated rings. The van der Waals surface area contributed by atoms with Crippen molar-refractivity contribution in [1.29, 1.82) is 0 Å². The molecule has 0 aliphatic carbocycles. The molecular formula is C33H39F3N6O4. The van der Waals surface area contributed by atoms with Crippen LogP contribution < -0.4 is 14.4 Å². The number of likely N-dealkylation sites (tertiary alicyclic amines) is 1. The Kier molecular flexibility index (Phi) is 9.06. The molecule has 46 heavy (non-hydrogen) atoms. The van der Waals surface area contributed by atoms with Crippen LogP contribution in [0.15, 0.2) is 42.7 Å². The van der Waals surface area contributed by atoms with Crippen LogP contribution in [0.2, 0.25) is 0 Å². The molecule has 0 atom stereocenters. The highest BCUT2D eigenvalue weighted by Crippen LogP contribution is 2.47. The number of carbonyl (C=O) groups excluding carboxylic acids is 1. The van der Waals surface area contributed by atoms with Crippen molar-refractivity contribution in [3.63, 3.8) is 0 Å². The van der Waals surface area contributed by atoms with E-state index < -0.39 is 17.2 Å². The number of carbonyl (C=O) groups is 1. The van der Waals surface area contributed by atoms with E-state index in [1.807, 2.05) is 36.9 Å². The Morgan fingerprint density at radius 3 is 2.52 bits per heavy atom. The number of halogens is 3. The Morgan fingerprint density at radius 2 is 1.83 bits per heavy atom. The molecule has 0 aromatic carbocycles. The van der Waals surface area contributed by atoms with E-state index in [-0.39, 0.29) is 36.7 Å². The van der Waals surface area contributed by atoms with Gasteiger partial charge in [0.05, 0.1) is 37.1 Å². The van der Waals surface area contributed by atoms with E-state index in [9.17, 15) is 23.1 Å². The topological polar surface area (TPSA) is 104 Å². The summed E-state index contributed by atoms with van der Waals surface area (Å²) in [6.45, 7) is 7.25. The van der Waals surface area contributed by atoms with E-state index in [1.165, 1.54) is 12.3 Å². The minimum atomic E-state index is -4.64. The van der Waals surface area contributed by atoms with Gasteiger partial charge in [-0.15, -0.1) is 0 Å². The SMILES string of the molecule is CCCOc1ccnc(N2CCC3(CC2)CN(C2CN(CCO)C2)C(=O)c2nc(-c4cccnc4OCC)ccc23)c1C(F)(F)F. The fraction of sp³-hybridized carbons (Fsp3) is 0.515. The first kappa shape index (κ1) is 32.0. The highest BCUT2D eigenvalue weighted by Gasteiger charge is 2.50. The number of anilines is 1. The van der Waals surface area contributed by atoms with Gasteiger partial charge in [-0.2, -0.15) is 13.2 Å². The van der Waals surface area contributed by atoms with Crippen molar-refractivity contribution in [3.05, 3.63) is 59.5 Å². The average Bonchev–Trinajstić information content (AvgIpc) is 3.03. The van der Waals surface area contributed by atoms with Crippen molar-refractivity contribution in [2.75, 3.05) is 64.0 Å². The maximum absolute atomic E-state index is 14.4. The number of hydrogen-bond acceptors (Lipinski definition) is 9. The summed E-state index contributed by atoms with van der Waals surface area (Å²) in [6, 6.07) is 8.70. The van der Waals surface area contributed by atoms with E-state index in [1.54, 1.807) is 17.2 Å². The second kappa shape index (κ2) is 13.0. The summed E-state index contributed by atoms with van der Waals surface area (Å²) < 4.78 is 54.4. The first-order valence-corrected chi connectivity index (χ1v) is 15.9.